The molecule has 4 N–H and O–H groups in total. The van der Waals surface area contributed by atoms with Crippen LogP contribution in [0.2, 0.25) is 0 Å². The molecule has 0 fully saturated rings. The van der Waals surface area contributed by atoms with Gasteiger partial charge in [-0.2, -0.15) is 0 Å². The van der Waals surface area contributed by atoms with E-state index in [9.17, 15) is 9.36 Å². The fraction of sp³-hybridized carbons (Fsp3) is 0.833. The van der Waals surface area contributed by atoms with E-state index in [-0.39, 0.29) is 13.2 Å². The Labute approximate surface area is 86.3 Å². The number of unbranched alkanes of at least 4 members (excludes halogenated alkanes) is 1. The Balaban J connectivity index is 3.74. The highest BCUT2D eigenvalue weighted by Gasteiger charge is 2.19. The van der Waals surface area contributed by atoms with Crippen LogP contribution in [0.3, 0.4) is 0 Å². The van der Waals surface area contributed by atoms with Crippen LogP contribution in [0.15, 0.2) is 0 Å². The van der Waals surface area contributed by atoms with Crippen LogP contribution >= 0.6 is 7.82 Å². The standard InChI is InChI=1S/C6H14NO7P/c8-4-2-1-3-7(10)6(9)5-14-15(11,12)13/h8,10H,1-5H2,(H2,11,12,13). The van der Waals surface area contributed by atoms with E-state index in [1.54, 1.807) is 0 Å². The molecule has 0 aromatic carbocycles. The normalized spacial score (nSPS) is 11.5. The third-order valence-electron chi connectivity index (χ3n) is 1.42. The molecule has 0 atom stereocenters. The second-order valence-electron chi connectivity index (χ2n) is 2.71. The fourth-order valence-electron chi connectivity index (χ4n) is 0.712. The molecule has 0 aliphatic rings. The maximum atomic E-state index is 10.9. The van der Waals surface area contributed by atoms with Crippen molar-refractivity contribution in [3.05, 3.63) is 0 Å². The van der Waals surface area contributed by atoms with Crippen molar-refractivity contribution < 1.29 is 34.0 Å². The molecule has 0 radical (unpaired) electrons. The molecule has 0 bridgehead atoms. The van der Waals surface area contributed by atoms with Crippen LogP contribution in [0, 0.1) is 0 Å². The molecule has 1 amide bonds. The number of hydroxylamine groups is 2. The van der Waals surface area contributed by atoms with Gasteiger partial charge in [0.1, 0.15) is 6.61 Å². The van der Waals surface area contributed by atoms with E-state index >= 15 is 0 Å². The number of amides is 1. The minimum Gasteiger partial charge on any atom is -0.396 e. The Morgan fingerprint density at radius 2 is 1.93 bits per heavy atom. The molecular formula is C6H14NO7P. The number of nitrogens with zero attached hydrogens (tertiary/aromatic N) is 1. The molecular weight excluding hydrogens is 229 g/mol. The summed E-state index contributed by atoms with van der Waals surface area (Å²) in [5.74, 6) is -0.948. The third-order valence-corrected chi connectivity index (χ3v) is 1.89. The van der Waals surface area contributed by atoms with E-state index in [1.807, 2.05) is 0 Å². The second-order valence-corrected chi connectivity index (χ2v) is 3.95. The van der Waals surface area contributed by atoms with Gasteiger partial charge in [-0.05, 0) is 12.8 Å². The number of carbonyl (C=O) groups is 1. The molecule has 15 heavy (non-hydrogen) atoms. The largest absolute Gasteiger partial charge is 0.470 e. The van der Waals surface area contributed by atoms with Crippen molar-refractivity contribution in [1.82, 2.24) is 5.06 Å². The average molecular weight is 243 g/mol. The van der Waals surface area contributed by atoms with E-state index in [0.29, 0.717) is 17.9 Å². The summed E-state index contributed by atoms with van der Waals surface area (Å²) in [5, 5.41) is 17.7. The van der Waals surface area contributed by atoms with Crippen LogP contribution in [-0.4, -0.2) is 50.8 Å². The van der Waals surface area contributed by atoms with E-state index < -0.39 is 20.3 Å². The maximum Gasteiger partial charge on any atom is 0.470 e. The molecule has 0 aromatic rings. The van der Waals surface area contributed by atoms with Crippen molar-refractivity contribution in [2.75, 3.05) is 19.8 Å². The summed E-state index contributed by atoms with van der Waals surface area (Å²) >= 11 is 0. The zero-order chi connectivity index (χ0) is 11.9. The molecule has 0 rings (SSSR count). The number of phosphoric ester groups is 1. The Morgan fingerprint density at radius 3 is 2.40 bits per heavy atom. The quantitative estimate of drug-likeness (QED) is 0.197. The van der Waals surface area contributed by atoms with E-state index in [0.717, 1.165) is 0 Å². The van der Waals surface area contributed by atoms with Crippen LogP contribution < -0.4 is 0 Å². The number of phosphoric acid groups is 1. The number of hydrogen-bond acceptors (Lipinski definition) is 5. The summed E-state index contributed by atoms with van der Waals surface area (Å²) in [7, 11) is -4.69. The molecule has 90 valence electrons. The van der Waals surface area contributed by atoms with E-state index in [4.69, 9.17) is 20.1 Å². The summed E-state index contributed by atoms with van der Waals surface area (Å²) in [6.07, 6.45) is 0.804. The monoisotopic (exact) mass is 243 g/mol. The van der Waals surface area contributed by atoms with Crippen molar-refractivity contribution in [2.45, 2.75) is 12.8 Å². The fourth-order valence-corrected chi connectivity index (χ4v) is 0.991. The second kappa shape index (κ2) is 6.89. The first-order valence-electron chi connectivity index (χ1n) is 4.17. The van der Waals surface area contributed by atoms with Crippen molar-refractivity contribution in [3.63, 3.8) is 0 Å². The van der Waals surface area contributed by atoms with Gasteiger partial charge in [0, 0.05) is 13.2 Å². The summed E-state index contributed by atoms with van der Waals surface area (Å²) in [6, 6.07) is 0. The number of aliphatic hydroxyl groups is 1. The van der Waals surface area contributed by atoms with Gasteiger partial charge in [-0.15, -0.1) is 0 Å². The molecule has 0 aliphatic carbocycles. The number of hydrogen-bond donors (Lipinski definition) is 4. The highest BCUT2D eigenvalue weighted by molar-refractivity contribution is 7.46. The van der Waals surface area contributed by atoms with Gasteiger partial charge in [0.25, 0.3) is 5.91 Å². The minimum absolute atomic E-state index is 0.0239. The predicted octanol–water partition coefficient (Wildman–Crippen LogP) is -0.914. The number of aliphatic hydroxyl groups excluding tert-OH is 1. The lowest BCUT2D eigenvalue weighted by Crippen LogP contribution is -2.31. The van der Waals surface area contributed by atoms with Crippen LogP contribution in [0.4, 0.5) is 0 Å². The van der Waals surface area contributed by atoms with Gasteiger partial charge < -0.3 is 14.9 Å². The van der Waals surface area contributed by atoms with Crippen LogP contribution in [0.5, 0.6) is 0 Å². The first kappa shape index (κ1) is 14.5. The smallest absolute Gasteiger partial charge is 0.396 e. The van der Waals surface area contributed by atoms with Crippen LogP contribution in [0.25, 0.3) is 0 Å². The Hall–Kier alpha value is -0.500. The van der Waals surface area contributed by atoms with Gasteiger partial charge >= 0.3 is 7.82 Å². The van der Waals surface area contributed by atoms with Gasteiger partial charge in [-0.25, -0.2) is 9.63 Å². The lowest BCUT2D eigenvalue weighted by Gasteiger charge is -2.14. The van der Waals surface area contributed by atoms with Crippen molar-refractivity contribution in [2.24, 2.45) is 0 Å². The number of carbonyl (C=O) groups excluding carboxylic acids is 1. The summed E-state index contributed by atoms with van der Waals surface area (Å²) in [6.45, 7) is -0.967. The van der Waals surface area contributed by atoms with Gasteiger partial charge in [0.2, 0.25) is 0 Å². The first-order valence-corrected chi connectivity index (χ1v) is 5.70. The Kier molecular flexibility index (Phi) is 6.66. The molecule has 0 unspecified atom stereocenters. The highest BCUT2D eigenvalue weighted by Crippen LogP contribution is 2.35. The summed E-state index contributed by atoms with van der Waals surface area (Å²) in [4.78, 5) is 27.5. The Bertz CT molecular complexity index is 240. The first-order chi connectivity index (χ1) is 6.87. The molecule has 9 heteroatoms. The highest BCUT2D eigenvalue weighted by atomic mass is 31.2. The van der Waals surface area contributed by atoms with Crippen LogP contribution in [0.1, 0.15) is 12.8 Å². The van der Waals surface area contributed by atoms with Crippen LogP contribution in [-0.2, 0) is 13.9 Å². The molecule has 0 spiro atoms. The van der Waals surface area contributed by atoms with Gasteiger partial charge in [-0.1, -0.05) is 0 Å². The van der Waals surface area contributed by atoms with Gasteiger partial charge in [-0.3, -0.25) is 14.5 Å². The van der Waals surface area contributed by atoms with Crippen molar-refractivity contribution in [1.29, 1.82) is 0 Å². The topological polar surface area (TPSA) is 128 Å². The third kappa shape index (κ3) is 8.49. The zero-order valence-electron chi connectivity index (χ0n) is 7.94. The Morgan fingerprint density at radius 1 is 1.33 bits per heavy atom. The molecule has 8 nitrogen and oxygen atoms in total. The van der Waals surface area contributed by atoms with E-state index in [1.165, 1.54) is 0 Å². The van der Waals surface area contributed by atoms with Gasteiger partial charge in [0.05, 0.1) is 0 Å². The lowest BCUT2D eigenvalue weighted by atomic mass is 10.3. The molecule has 0 saturated carbocycles. The van der Waals surface area contributed by atoms with E-state index in [2.05, 4.69) is 4.52 Å². The maximum absolute atomic E-state index is 10.9. The van der Waals surface area contributed by atoms with Crippen molar-refractivity contribution >= 4 is 13.7 Å². The van der Waals surface area contributed by atoms with Gasteiger partial charge in [0.15, 0.2) is 0 Å². The average Bonchev–Trinajstić information content (AvgIpc) is 2.13. The predicted molar refractivity (Wildman–Crippen MR) is 47.8 cm³/mol. The molecule has 0 aliphatic heterocycles. The molecule has 0 aromatic heterocycles. The summed E-state index contributed by atoms with van der Waals surface area (Å²) in [5.41, 5.74) is 0. The molecule has 0 heterocycles. The summed E-state index contributed by atoms with van der Waals surface area (Å²) < 4.78 is 14.1. The SMILES string of the molecule is O=C(COP(=O)(O)O)N(O)CCCCO. The number of rotatable bonds is 7. The minimum atomic E-state index is -4.69. The van der Waals surface area contributed by atoms with Crippen molar-refractivity contribution in [3.8, 4) is 0 Å². The lowest BCUT2D eigenvalue weighted by molar-refractivity contribution is -0.168. The zero-order valence-corrected chi connectivity index (χ0v) is 8.84. The molecule has 0 saturated heterocycles.